The molecule has 0 saturated heterocycles. The summed E-state index contributed by atoms with van der Waals surface area (Å²) in [5, 5.41) is 20.4. The Hall–Kier alpha value is -2.26. The zero-order valence-electron chi connectivity index (χ0n) is 9.56. The van der Waals surface area contributed by atoms with Crippen LogP contribution in [0, 0.1) is 17.0 Å². The minimum Gasteiger partial charge on any atom is -0.501 e. The maximum absolute atomic E-state index is 11.3. The van der Waals surface area contributed by atoms with Gasteiger partial charge in [-0.15, -0.1) is 0 Å². The van der Waals surface area contributed by atoms with Crippen molar-refractivity contribution in [3.63, 3.8) is 0 Å². The SMILES string of the molecule is Cc1cnc2c(O)c([N+](=O)[O-])cc(S(=O)(=O)O)c2c1. The van der Waals surface area contributed by atoms with E-state index in [1.54, 1.807) is 6.92 Å². The van der Waals surface area contributed by atoms with E-state index in [9.17, 15) is 23.6 Å². The summed E-state index contributed by atoms with van der Waals surface area (Å²) in [7, 11) is -4.67. The first kappa shape index (κ1) is 13.2. The maximum atomic E-state index is 11.3. The van der Waals surface area contributed by atoms with E-state index in [1.165, 1.54) is 12.3 Å². The fourth-order valence-electron chi connectivity index (χ4n) is 1.69. The summed E-state index contributed by atoms with van der Waals surface area (Å²) in [5.74, 6) is -0.743. The number of benzene rings is 1. The van der Waals surface area contributed by atoms with Gasteiger partial charge in [0.25, 0.3) is 10.1 Å². The third-order valence-corrected chi connectivity index (χ3v) is 3.39. The number of phenolic OH excluding ortho intramolecular Hbond substituents is 1. The first-order chi connectivity index (χ1) is 8.71. The molecule has 0 unspecified atom stereocenters. The van der Waals surface area contributed by atoms with Crippen LogP contribution in [-0.4, -0.2) is 28.0 Å². The Balaban J connectivity index is 3.05. The lowest BCUT2D eigenvalue weighted by Crippen LogP contribution is -2.02. The molecule has 8 nitrogen and oxygen atoms in total. The summed E-state index contributed by atoms with van der Waals surface area (Å²) in [5.41, 5.74) is -0.519. The molecule has 0 amide bonds. The Kier molecular flexibility index (Phi) is 2.87. The summed E-state index contributed by atoms with van der Waals surface area (Å²) in [6, 6.07) is 1.96. The summed E-state index contributed by atoms with van der Waals surface area (Å²) < 4.78 is 31.7. The largest absolute Gasteiger partial charge is 0.501 e. The van der Waals surface area contributed by atoms with Crippen LogP contribution in [0.5, 0.6) is 5.75 Å². The normalized spacial score (nSPS) is 11.7. The molecular weight excluding hydrogens is 276 g/mol. The van der Waals surface area contributed by atoms with E-state index in [1.807, 2.05) is 0 Å². The van der Waals surface area contributed by atoms with Crippen molar-refractivity contribution in [3.8, 4) is 5.75 Å². The number of rotatable bonds is 2. The van der Waals surface area contributed by atoms with Crippen molar-refractivity contribution < 1.29 is 23.0 Å². The number of fused-ring (bicyclic) bond motifs is 1. The second-order valence-electron chi connectivity index (χ2n) is 3.88. The highest BCUT2D eigenvalue weighted by molar-refractivity contribution is 7.86. The van der Waals surface area contributed by atoms with Crippen LogP contribution in [0.4, 0.5) is 5.69 Å². The fourth-order valence-corrected chi connectivity index (χ4v) is 2.38. The zero-order chi connectivity index (χ0) is 14.4. The number of hydrogen-bond acceptors (Lipinski definition) is 6. The van der Waals surface area contributed by atoms with Gasteiger partial charge in [-0.1, -0.05) is 0 Å². The molecule has 0 aliphatic heterocycles. The highest BCUT2D eigenvalue weighted by atomic mass is 32.2. The minimum absolute atomic E-state index is 0.0781. The van der Waals surface area contributed by atoms with Gasteiger partial charge in [-0.2, -0.15) is 8.42 Å². The van der Waals surface area contributed by atoms with Crippen molar-refractivity contribution in [2.24, 2.45) is 0 Å². The number of nitro groups is 1. The first-order valence-corrected chi connectivity index (χ1v) is 6.40. The molecule has 2 aromatic rings. The van der Waals surface area contributed by atoms with E-state index in [-0.39, 0.29) is 10.9 Å². The number of aromatic nitrogens is 1. The van der Waals surface area contributed by atoms with Gasteiger partial charge in [-0.25, -0.2) is 0 Å². The van der Waals surface area contributed by atoms with Gasteiger partial charge < -0.3 is 5.11 Å². The molecule has 0 atom stereocenters. The maximum Gasteiger partial charge on any atom is 0.314 e. The van der Waals surface area contributed by atoms with Gasteiger partial charge in [0.2, 0.25) is 5.75 Å². The van der Waals surface area contributed by atoms with Crippen LogP contribution >= 0.6 is 0 Å². The summed E-state index contributed by atoms with van der Waals surface area (Å²) >= 11 is 0. The number of nitrogens with zero attached hydrogens (tertiary/aromatic N) is 2. The monoisotopic (exact) mass is 284 g/mol. The smallest absolute Gasteiger partial charge is 0.314 e. The van der Waals surface area contributed by atoms with Crippen molar-refractivity contribution in [2.75, 3.05) is 0 Å². The third kappa shape index (κ3) is 2.20. The average Bonchev–Trinajstić information content (AvgIpc) is 2.26. The second kappa shape index (κ2) is 4.14. The highest BCUT2D eigenvalue weighted by Gasteiger charge is 2.25. The summed E-state index contributed by atoms with van der Waals surface area (Å²) in [4.78, 5) is 12.9. The zero-order valence-corrected chi connectivity index (χ0v) is 10.4. The second-order valence-corrected chi connectivity index (χ2v) is 5.27. The molecule has 19 heavy (non-hydrogen) atoms. The lowest BCUT2D eigenvalue weighted by atomic mass is 10.1. The van der Waals surface area contributed by atoms with Gasteiger partial charge in [0.05, 0.1) is 4.92 Å². The predicted octanol–water partition coefficient (Wildman–Crippen LogP) is 1.40. The van der Waals surface area contributed by atoms with Gasteiger partial charge in [-0.3, -0.25) is 19.7 Å². The fraction of sp³-hybridized carbons (Fsp3) is 0.100. The molecule has 1 aromatic carbocycles. The number of pyridine rings is 1. The Bertz CT molecular complexity index is 799. The molecule has 0 radical (unpaired) electrons. The van der Waals surface area contributed by atoms with Crippen LogP contribution in [0.25, 0.3) is 10.9 Å². The molecular formula is C10H8N2O6S. The Morgan fingerprint density at radius 1 is 1.37 bits per heavy atom. The van der Waals surface area contributed by atoms with E-state index in [0.29, 0.717) is 11.6 Å². The minimum atomic E-state index is -4.67. The third-order valence-electron chi connectivity index (χ3n) is 2.50. The van der Waals surface area contributed by atoms with Crippen LogP contribution in [0.15, 0.2) is 23.2 Å². The molecule has 1 heterocycles. The molecule has 0 saturated carbocycles. The van der Waals surface area contributed by atoms with Crippen molar-refractivity contribution in [2.45, 2.75) is 11.8 Å². The Morgan fingerprint density at radius 2 is 2.00 bits per heavy atom. The lowest BCUT2D eigenvalue weighted by molar-refractivity contribution is -0.385. The first-order valence-electron chi connectivity index (χ1n) is 4.96. The summed E-state index contributed by atoms with van der Waals surface area (Å²) in [6.45, 7) is 1.62. The highest BCUT2D eigenvalue weighted by Crippen LogP contribution is 2.37. The van der Waals surface area contributed by atoms with E-state index < -0.39 is 31.4 Å². The average molecular weight is 284 g/mol. The molecule has 9 heteroatoms. The number of hydrogen-bond donors (Lipinski definition) is 2. The van der Waals surface area contributed by atoms with Crippen LogP contribution in [0.3, 0.4) is 0 Å². The van der Waals surface area contributed by atoms with E-state index >= 15 is 0 Å². The predicted molar refractivity (Wildman–Crippen MR) is 64.6 cm³/mol. The van der Waals surface area contributed by atoms with Gasteiger partial charge >= 0.3 is 5.69 Å². The van der Waals surface area contributed by atoms with Crippen molar-refractivity contribution in [3.05, 3.63) is 34.0 Å². The molecule has 2 rings (SSSR count). The molecule has 100 valence electrons. The van der Waals surface area contributed by atoms with E-state index in [4.69, 9.17) is 4.55 Å². The van der Waals surface area contributed by atoms with Crippen LogP contribution in [0.2, 0.25) is 0 Å². The molecule has 0 aliphatic rings. The van der Waals surface area contributed by atoms with Crippen LogP contribution in [0.1, 0.15) is 5.56 Å². The molecule has 0 bridgehead atoms. The molecule has 0 aliphatic carbocycles. The molecule has 0 fully saturated rings. The molecule has 1 aromatic heterocycles. The van der Waals surface area contributed by atoms with Gasteiger partial charge in [0, 0.05) is 17.6 Å². The van der Waals surface area contributed by atoms with E-state index in [0.717, 1.165) is 0 Å². The topological polar surface area (TPSA) is 131 Å². The van der Waals surface area contributed by atoms with Crippen molar-refractivity contribution >= 4 is 26.7 Å². The van der Waals surface area contributed by atoms with Gasteiger partial charge in [0.15, 0.2) is 0 Å². The van der Waals surface area contributed by atoms with Crippen molar-refractivity contribution in [1.29, 1.82) is 0 Å². The van der Waals surface area contributed by atoms with E-state index in [2.05, 4.69) is 4.98 Å². The number of aryl methyl sites for hydroxylation is 1. The van der Waals surface area contributed by atoms with Crippen LogP contribution in [-0.2, 0) is 10.1 Å². The quantitative estimate of drug-likeness (QED) is 0.484. The lowest BCUT2D eigenvalue weighted by Gasteiger charge is -2.06. The molecule has 2 N–H and O–H groups in total. The van der Waals surface area contributed by atoms with Crippen LogP contribution < -0.4 is 0 Å². The standard InChI is InChI=1S/C10H8N2O6S/c1-5-2-6-8(19(16,17)18)3-7(12(14)15)10(13)9(6)11-4-5/h2-4,13H,1H3,(H,16,17,18). The van der Waals surface area contributed by atoms with Crippen molar-refractivity contribution in [1.82, 2.24) is 4.98 Å². The van der Waals surface area contributed by atoms with Gasteiger partial charge in [0.1, 0.15) is 10.4 Å². The van der Waals surface area contributed by atoms with Gasteiger partial charge in [-0.05, 0) is 18.6 Å². The summed E-state index contributed by atoms with van der Waals surface area (Å²) in [6.07, 6.45) is 1.32. The Morgan fingerprint density at radius 3 is 2.53 bits per heavy atom. The molecule has 0 spiro atoms. The number of aromatic hydroxyl groups is 1. The number of nitro benzene ring substituents is 1. The number of phenols is 1. The Labute approximate surface area is 107 Å².